The van der Waals surface area contributed by atoms with Crippen LogP contribution in [-0.2, 0) is 9.53 Å². The maximum Gasteiger partial charge on any atom is 0.322 e. The van der Waals surface area contributed by atoms with Crippen LogP contribution in [0, 0.1) is 0 Å². The Morgan fingerprint density at radius 1 is 1.60 bits per heavy atom. The van der Waals surface area contributed by atoms with E-state index in [4.69, 9.17) is 4.74 Å². The molecule has 0 aliphatic carbocycles. The molecule has 0 saturated heterocycles. The largest absolute Gasteiger partial charge is 0.468 e. The summed E-state index contributed by atoms with van der Waals surface area (Å²) in [5.41, 5.74) is 0. The summed E-state index contributed by atoms with van der Waals surface area (Å²) >= 11 is 0. The molecule has 1 N–H and O–H groups in total. The van der Waals surface area contributed by atoms with Crippen LogP contribution >= 0.6 is 0 Å². The number of carbonyl (C=O) groups excluding carboxylic acids is 1. The number of unbranched alkanes of at least 4 members (excludes halogenated alkanes) is 1. The molecule has 0 radical (unpaired) electrons. The second-order valence-corrected chi connectivity index (χ2v) is 3.81. The average Bonchev–Trinajstić information content (AvgIpc) is 2.23. The Morgan fingerprint density at radius 2 is 2.27 bits per heavy atom. The summed E-state index contributed by atoms with van der Waals surface area (Å²) in [7, 11) is 1.43. The lowest BCUT2D eigenvalue weighted by Crippen LogP contribution is -2.42. The van der Waals surface area contributed by atoms with E-state index in [1.54, 1.807) is 0 Å². The number of hydrogen-bond donors (Lipinski definition) is 1. The number of carbonyl (C=O) groups is 1. The van der Waals surface area contributed by atoms with Gasteiger partial charge in [-0.2, -0.15) is 0 Å². The van der Waals surface area contributed by atoms with Gasteiger partial charge in [0.2, 0.25) is 0 Å². The van der Waals surface area contributed by atoms with Gasteiger partial charge < -0.3 is 10.1 Å². The van der Waals surface area contributed by atoms with Crippen molar-refractivity contribution >= 4 is 5.97 Å². The number of hydrogen-bond acceptors (Lipinski definition) is 3. The van der Waals surface area contributed by atoms with Crippen LogP contribution in [0.2, 0.25) is 0 Å². The zero-order chi connectivity index (χ0) is 11.7. The highest BCUT2D eigenvalue weighted by molar-refractivity contribution is 5.75. The molecule has 2 unspecified atom stereocenters. The second kappa shape index (κ2) is 8.48. The predicted molar refractivity (Wildman–Crippen MR) is 62.7 cm³/mol. The molecule has 2 atom stereocenters. The molecule has 15 heavy (non-hydrogen) atoms. The number of nitrogens with one attached hydrogen (secondary N) is 1. The molecular formula is C12H23NO2. The van der Waals surface area contributed by atoms with Gasteiger partial charge >= 0.3 is 5.97 Å². The first-order valence-corrected chi connectivity index (χ1v) is 5.60. The first-order chi connectivity index (χ1) is 7.15. The van der Waals surface area contributed by atoms with E-state index in [2.05, 4.69) is 18.8 Å². The number of esters is 1. The summed E-state index contributed by atoms with van der Waals surface area (Å²) in [4.78, 5) is 11.4. The van der Waals surface area contributed by atoms with E-state index < -0.39 is 0 Å². The molecule has 0 spiro atoms. The maximum absolute atomic E-state index is 11.4. The first-order valence-electron chi connectivity index (χ1n) is 5.60. The van der Waals surface area contributed by atoms with Crippen LogP contribution in [0.1, 0.15) is 39.5 Å². The van der Waals surface area contributed by atoms with Crippen molar-refractivity contribution in [1.82, 2.24) is 5.32 Å². The summed E-state index contributed by atoms with van der Waals surface area (Å²) in [6.45, 7) is 7.84. The third-order valence-corrected chi connectivity index (χ3v) is 2.34. The molecule has 0 aliphatic heterocycles. The zero-order valence-corrected chi connectivity index (χ0v) is 10.1. The number of methoxy groups -OCH3 is 1. The summed E-state index contributed by atoms with van der Waals surface area (Å²) in [6.07, 6.45) is 5.68. The Balaban J connectivity index is 4.10. The fourth-order valence-electron chi connectivity index (χ4n) is 1.48. The van der Waals surface area contributed by atoms with E-state index in [-0.39, 0.29) is 18.1 Å². The summed E-state index contributed by atoms with van der Waals surface area (Å²) < 4.78 is 4.76. The summed E-state index contributed by atoms with van der Waals surface area (Å²) in [5, 5.41) is 3.26. The van der Waals surface area contributed by atoms with Gasteiger partial charge in [-0.25, -0.2) is 0 Å². The lowest BCUT2D eigenvalue weighted by atomic mass is 10.1. The van der Waals surface area contributed by atoms with Gasteiger partial charge in [-0.05, 0) is 19.8 Å². The van der Waals surface area contributed by atoms with Crippen molar-refractivity contribution in [3.8, 4) is 0 Å². The smallest absolute Gasteiger partial charge is 0.322 e. The van der Waals surface area contributed by atoms with Crippen molar-refractivity contribution in [2.24, 2.45) is 0 Å². The number of ether oxygens (including phenoxy) is 1. The van der Waals surface area contributed by atoms with E-state index in [1.807, 2.05) is 13.0 Å². The Bertz CT molecular complexity index is 192. The highest BCUT2D eigenvalue weighted by Crippen LogP contribution is 2.05. The molecule has 0 aliphatic rings. The van der Waals surface area contributed by atoms with Crippen molar-refractivity contribution in [2.75, 3.05) is 7.11 Å². The summed E-state index contributed by atoms with van der Waals surface area (Å²) in [5.74, 6) is -0.167. The zero-order valence-electron chi connectivity index (χ0n) is 10.1. The topological polar surface area (TPSA) is 38.3 Å². The van der Waals surface area contributed by atoms with Crippen LogP contribution in [0.5, 0.6) is 0 Å². The van der Waals surface area contributed by atoms with Gasteiger partial charge in [-0.15, -0.1) is 6.58 Å². The molecule has 3 heteroatoms. The highest BCUT2D eigenvalue weighted by atomic mass is 16.5. The minimum absolute atomic E-state index is 0.167. The van der Waals surface area contributed by atoms with E-state index in [0.717, 1.165) is 25.7 Å². The van der Waals surface area contributed by atoms with E-state index >= 15 is 0 Å². The molecule has 0 amide bonds. The quantitative estimate of drug-likeness (QED) is 0.496. The Morgan fingerprint density at radius 3 is 2.73 bits per heavy atom. The molecular weight excluding hydrogens is 190 g/mol. The number of rotatable bonds is 8. The lowest BCUT2D eigenvalue weighted by molar-refractivity contribution is -0.143. The average molecular weight is 213 g/mol. The van der Waals surface area contributed by atoms with E-state index in [9.17, 15) is 4.79 Å². The van der Waals surface area contributed by atoms with Gasteiger partial charge in [0.1, 0.15) is 6.04 Å². The third kappa shape index (κ3) is 6.28. The molecule has 0 rings (SSSR count). The molecule has 0 aromatic rings. The monoisotopic (exact) mass is 213 g/mol. The van der Waals surface area contributed by atoms with Gasteiger partial charge in [0.25, 0.3) is 0 Å². The van der Waals surface area contributed by atoms with Crippen molar-refractivity contribution in [3.63, 3.8) is 0 Å². The molecule has 0 heterocycles. The lowest BCUT2D eigenvalue weighted by Gasteiger charge is -2.20. The Kier molecular flexibility index (Phi) is 8.01. The van der Waals surface area contributed by atoms with Crippen LogP contribution in [0.15, 0.2) is 12.7 Å². The van der Waals surface area contributed by atoms with Crippen LogP contribution in [0.3, 0.4) is 0 Å². The molecule has 0 aromatic carbocycles. The van der Waals surface area contributed by atoms with Gasteiger partial charge in [-0.1, -0.05) is 25.8 Å². The second-order valence-electron chi connectivity index (χ2n) is 3.81. The normalized spacial score (nSPS) is 14.3. The predicted octanol–water partition coefficient (Wildman–Crippen LogP) is 2.27. The minimum atomic E-state index is -0.176. The van der Waals surface area contributed by atoms with Crippen molar-refractivity contribution in [2.45, 2.75) is 51.6 Å². The Hall–Kier alpha value is -0.830. The fraction of sp³-hybridized carbons (Fsp3) is 0.750. The van der Waals surface area contributed by atoms with Gasteiger partial charge in [0.15, 0.2) is 0 Å². The van der Waals surface area contributed by atoms with Crippen molar-refractivity contribution in [1.29, 1.82) is 0 Å². The highest BCUT2D eigenvalue weighted by Gasteiger charge is 2.19. The van der Waals surface area contributed by atoms with E-state index in [0.29, 0.717) is 0 Å². The Labute approximate surface area is 92.9 Å². The molecule has 3 nitrogen and oxygen atoms in total. The standard InChI is InChI=1S/C12H23NO2/c1-5-7-9-11(12(14)15-4)13-10(3)8-6-2/h6,10-11,13H,2,5,7-9H2,1,3-4H3. The molecule has 0 saturated carbocycles. The van der Waals surface area contributed by atoms with Gasteiger partial charge in [0, 0.05) is 6.04 Å². The van der Waals surface area contributed by atoms with E-state index in [1.165, 1.54) is 7.11 Å². The van der Waals surface area contributed by atoms with Crippen molar-refractivity contribution < 1.29 is 9.53 Å². The summed E-state index contributed by atoms with van der Waals surface area (Å²) in [6, 6.07) is 0.0911. The molecule has 0 bridgehead atoms. The minimum Gasteiger partial charge on any atom is -0.468 e. The van der Waals surface area contributed by atoms with Crippen LogP contribution < -0.4 is 5.32 Å². The molecule has 0 fully saturated rings. The fourth-order valence-corrected chi connectivity index (χ4v) is 1.48. The molecule has 0 aromatic heterocycles. The SMILES string of the molecule is C=CCC(C)NC(CCCC)C(=O)OC. The van der Waals surface area contributed by atoms with Crippen molar-refractivity contribution in [3.05, 3.63) is 12.7 Å². The first kappa shape index (κ1) is 14.2. The van der Waals surface area contributed by atoms with Gasteiger partial charge in [0.05, 0.1) is 7.11 Å². The van der Waals surface area contributed by atoms with Gasteiger partial charge in [-0.3, -0.25) is 4.79 Å². The van der Waals surface area contributed by atoms with Crippen LogP contribution in [0.4, 0.5) is 0 Å². The maximum atomic E-state index is 11.4. The molecule has 88 valence electrons. The van der Waals surface area contributed by atoms with Crippen LogP contribution in [0.25, 0.3) is 0 Å². The van der Waals surface area contributed by atoms with Crippen LogP contribution in [-0.4, -0.2) is 25.2 Å². The third-order valence-electron chi connectivity index (χ3n) is 2.34.